The third-order valence-corrected chi connectivity index (χ3v) is 3.23. The van der Waals surface area contributed by atoms with E-state index in [1.54, 1.807) is 13.3 Å². The number of fused-ring (bicyclic) bond motifs is 1. The molecule has 0 radical (unpaired) electrons. The molecule has 0 N–H and O–H groups in total. The van der Waals surface area contributed by atoms with Crippen LogP contribution in [0, 0.1) is 0 Å². The highest BCUT2D eigenvalue weighted by Crippen LogP contribution is 2.35. The summed E-state index contributed by atoms with van der Waals surface area (Å²) < 4.78 is 5.36. The Labute approximate surface area is 115 Å². The molecule has 0 spiro atoms. The summed E-state index contributed by atoms with van der Waals surface area (Å²) in [6.45, 7) is 0. The maximum atomic E-state index is 6.26. The number of hydrogen-bond donors (Lipinski definition) is 0. The maximum Gasteiger partial charge on any atom is 0.160 e. The first-order valence-corrected chi connectivity index (χ1v) is 6.22. The van der Waals surface area contributed by atoms with Gasteiger partial charge in [-0.25, -0.2) is 9.97 Å². The Bertz CT molecular complexity index is 743. The van der Waals surface area contributed by atoms with Crippen LogP contribution in [0.25, 0.3) is 22.2 Å². The highest BCUT2D eigenvalue weighted by molar-refractivity contribution is 6.32. The zero-order valence-electron chi connectivity index (χ0n) is 10.3. The van der Waals surface area contributed by atoms with Gasteiger partial charge in [-0.05, 0) is 24.3 Å². The van der Waals surface area contributed by atoms with Crippen LogP contribution in [-0.2, 0) is 0 Å². The number of methoxy groups -OCH3 is 1. The molecular formula is C15H11ClN2O. The van der Waals surface area contributed by atoms with Gasteiger partial charge in [0, 0.05) is 22.7 Å². The Morgan fingerprint density at radius 1 is 1.05 bits per heavy atom. The minimum absolute atomic E-state index is 0.427. The van der Waals surface area contributed by atoms with E-state index in [1.165, 1.54) is 0 Å². The number of ether oxygens (including phenoxy) is 1. The molecule has 19 heavy (non-hydrogen) atoms. The number of nitrogens with zero attached hydrogens (tertiary/aromatic N) is 2. The Kier molecular flexibility index (Phi) is 3.05. The monoisotopic (exact) mass is 270 g/mol. The zero-order valence-corrected chi connectivity index (χ0v) is 11.1. The molecule has 2 aromatic heterocycles. The second-order valence-corrected chi connectivity index (χ2v) is 4.44. The van der Waals surface area contributed by atoms with E-state index in [1.807, 2.05) is 42.5 Å². The van der Waals surface area contributed by atoms with Gasteiger partial charge in [-0.2, -0.15) is 0 Å². The molecule has 0 unspecified atom stereocenters. The van der Waals surface area contributed by atoms with Crippen molar-refractivity contribution in [2.24, 2.45) is 0 Å². The highest BCUT2D eigenvalue weighted by atomic mass is 35.5. The fraction of sp³-hybridized carbons (Fsp3) is 0.0667. The van der Waals surface area contributed by atoms with Gasteiger partial charge in [0.05, 0.1) is 7.11 Å². The van der Waals surface area contributed by atoms with Gasteiger partial charge >= 0.3 is 0 Å². The predicted molar refractivity (Wildman–Crippen MR) is 76.5 cm³/mol. The normalized spacial score (nSPS) is 10.6. The number of aromatic nitrogens is 2. The van der Waals surface area contributed by atoms with Crippen molar-refractivity contribution in [3.8, 4) is 16.9 Å². The zero-order chi connectivity index (χ0) is 13.2. The van der Waals surface area contributed by atoms with E-state index < -0.39 is 0 Å². The van der Waals surface area contributed by atoms with E-state index in [0.29, 0.717) is 10.8 Å². The molecule has 0 aliphatic carbocycles. The van der Waals surface area contributed by atoms with Gasteiger partial charge in [0.25, 0.3) is 0 Å². The Hall–Kier alpha value is -2.13. The summed E-state index contributed by atoms with van der Waals surface area (Å²) in [6, 6.07) is 13.6. The van der Waals surface area contributed by atoms with Crippen molar-refractivity contribution in [2.45, 2.75) is 0 Å². The number of hydrogen-bond acceptors (Lipinski definition) is 3. The Morgan fingerprint density at radius 3 is 2.74 bits per heavy atom. The molecule has 0 bridgehead atoms. The lowest BCUT2D eigenvalue weighted by Gasteiger charge is -2.10. The van der Waals surface area contributed by atoms with E-state index in [2.05, 4.69) is 9.97 Å². The summed E-state index contributed by atoms with van der Waals surface area (Å²) >= 11 is 6.26. The van der Waals surface area contributed by atoms with Crippen molar-refractivity contribution in [2.75, 3.05) is 7.11 Å². The molecule has 94 valence electrons. The molecule has 0 saturated carbocycles. The first-order chi connectivity index (χ1) is 9.29. The van der Waals surface area contributed by atoms with Crippen molar-refractivity contribution >= 4 is 22.6 Å². The summed E-state index contributed by atoms with van der Waals surface area (Å²) in [5.41, 5.74) is 2.42. The maximum absolute atomic E-state index is 6.26. The van der Waals surface area contributed by atoms with E-state index >= 15 is 0 Å². The van der Waals surface area contributed by atoms with Gasteiger partial charge in [-0.15, -0.1) is 0 Å². The average molecular weight is 271 g/mol. The molecule has 0 amide bonds. The Morgan fingerprint density at radius 2 is 1.89 bits per heavy atom. The van der Waals surface area contributed by atoms with Crippen LogP contribution in [0.5, 0.6) is 5.75 Å². The van der Waals surface area contributed by atoms with E-state index in [4.69, 9.17) is 16.3 Å². The molecule has 4 heteroatoms. The van der Waals surface area contributed by atoms with E-state index in [9.17, 15) is 0 Å². The van der Waals surface area contributed by atoms with Gasteiger partial charge in [-0.1, -0.05) is 29.8 Å². The lowest BCUT2D eigenvalue weighted by Crippen LogP contribution is -1.91. The standard InChI is InChI=1S/C15H11ClN2O/c1-19-13-7-3-2-6-11(13)12-9-10-5-4-8-17-15(10)18-14(12)16/h2-9H,1H3. The van der Waals surface area contributed by atoms with Gasteiger partial charge in [0.15, 0.2) is 5.65 Å². The summed E-state index contributed by atoms with van der Waals surface area (Å²) in [6.07, 6.45) is 1.70. The molecule has 0 aliphatic rings. The summed E-state index contributed by atoms with van der Waals surface area (Å²) in [5.74, 6) is 0.773. The fourth-order valence-electron chi connectivity index (χ4n) is 2.04. The molecule has 0 atom stereocenters. The first kappa shape index (κ1) is 11.9. The van der Waals surface area contributed by atoms with Crippen molar-refractivity contribution in [1.29, 1.82) is 0 Å². The Balaban J connectivity index is 2.27. The number of benzene rings is 1. The van der Waals surface area contributed by atoms with Crippen LogP contribution in [0.3, 0.4) is 0 Å². The van der Waals surface area contributed by atoms with Crippen molar-refractivity contribution in [3.63, 3.8) is 0 Å². The molecule has 2 heterocycles. The third-order valence-electron chi connectivity index (χ3n) is 2.94. The highest BCUT2D eigenvalue weighted by Gasteiger charge is 2.11. The molecule has 1 aromatic carbocycles. The van der Waals surface area contributed by atoms with Crippen LogP contribution < -0.4 is 4.74 Å². The lowest BCUT2D eigenvalue weighted by atomic mass is 10.1. The minimum atomic E-state index is 0.427. The van der Waals surface area contributed by atoms with Crippen LogP contribution in [0.2, 0.25) is 5.15 Å². The van der Waals surface area contributed by atoms with Crippen LogP contribution in [0.1, 0.15) is 0 Å². The second kappa shape index (κ2) is 4.86. The van der Waals surface area contributed by atoms with Crippen LogP contribution >= 0.6 is 11.6 Å². The van der Waals surface area contributed by atoms with Gasteiger partial charge in [0.1, 0.15) is 10.9 Å². The van der Waals surface area contributed by atoms with Crippen LogP contribution in [0.4, 0.5) is 0 Å². The number of rotatable bonds is 2. The van der Waals surface area contributed by atoms with Gasteiger partial charge in [-0.3, -0.25) is 0 Å². The first-order valence-electron chi connectivity index (χ1n) is 5.84. The predicted octanol–water partition coefficient (Wildman–Crippen LogP) is 3.96. The van der Waals surface area contributed by atoms with Crippen LogP contribution in [-0.4, -0.2) is 17.1 Å². The smallest absolute Gasteiger partial charge is 0.160 e. The largest absolute Gasteiger partial charge is 0.496 e. The molecule has 0 saturated heterocycles. The summed E-state index contributed by atoms with van der Waals surface area (Å²) in [7, 11) is 1.64. The minimum Gasteiger partial charge on any atom is -0.496 e. The van der Waals surface area contributed by atoms with E-state index in [-0.39, 0.29) is 0 Å². The quantitative estimate of drug-likeness (QED) is 0.661. The number of para-hydroxylation sites is 1. The van der Waals surface area contributed by atoms with Crippen molar-refractivity contribution < 1.29 is 4.74 Å². The second-order valence-electron chi connectivity index (χ2n) is 4.08. The van der Waals surface area contributed by atoms with Gasteiger partial charge < -0.3 is 4.74 Å². The average Bonchev–Trinajstić information content (AvgIpc) is 2.46. The number of pyridine rings is 2. The number of halogens is 1. The van der Waals surface area contributed by atoms with Crippen molar-refractivity contribution in [3.05, 3.63) is 53.8 Å². The molecular weight excluding hydrogens is 260 g/mol. The molecule has 3 aromatic rings. The molecule has 3 rings (SSSR count). The topological polar surface area (TPSA) is 35.0 Å². The fourth-order valence-corrected chi connectivity index (χ4v) is 2.28. The molecule has 3 nitrogen and oxygen atoms in total. The third kappa shape index (κ3) is 2.13. The summed E-state index contributed by atoms with van der Waals surface area (Å²) in [4.78, 5) is 8.52. The summed E-state index contributed by atoms with van der Waals surface area (Å²) in [5, 5.41) is 1.38. The molecule has 0 aliphatic heterocycles. The lowest BCUT2D eigenvalue weighted by molar-refractivity contribution is 0.416. The van der Waals surface area contributed by atoms with Gasteiger partial charge in [0.2, 0.25) is 0 Å². The van der Waals surface area contributed by atoms with E-state index in [0.717, 1.165) is 22.3 Å². The van der Waals surface area contributed by atoms with Crippen molar-refractivity contribution in [1.82, 2.24) is 9.97 Å². The van der Waals surface area contributed by atoms with Crippen LogP contribution in [0.15, 0.2) is 48.7 Å². The molecule has 0 fully saturated rings. The SMILES string of the molecule is COc1ccccc1-c1cc2cccnc2nc1Cl.